The van der Waals surface area contributed by atoms with Crippen molar-refractivity contribution >= 4 is 17.7 Å². The first-order chi connectivity index (χ1) is 7.83. The smallest absolute Gasteiger partial charge is 0.320 e. The molecule has 0 saturated heterocycles. The minimum Gasteiger partial charge on any atom is -0.468 e. The summed E-state index contributed by atoms with van der Waals surface area (Å²) in [5.41, 5.74) is -0.385. The summed E-state index contributed by atoms with van der Waals surface area (Å²) in [4.78, 5) is 34.8. The molecule has 1 unspecified atom stereocenters. The largest absolute Gasteiger partial charge is 0.468 e. The van der Waals surface area contributed by atoms with Crippen molar-refractivity contribution in [1.29, 1.82) is 0 Å². The van der Waals surface area contributed by atoms with E-state index in [0.29, 0.717) is 6.42 Å². The fourth-order valence-electron chi connectivity index (χ4n) is 2.48. The number of hydrogen-bond acceptors (Lipinski definition) is 5. The number of ketones is 1. The summed E-state index contributed by atoms with van der Waals surface area (Å²) < 4.78 is 9.25. The molecule has 0 bridgehead atoms. The Balaban J connectivity index is 3.02. The molecule has 0 heterocycles. The van der Waals surface area contributed by atoms with Crippen LogP contribution in [0.25, 0.3) is 0 Å². The molecular weight excluding hydrogens is 224 g/mol. The van der Waals surface area contributed by atoms with Crippen LogP contribution in [0.5, 0.6) is 0 Å². The van der Waals surface area contributed by atoms with Crippen LogP contribution in [0, 0.1) is 17.3 Å². The third-order valence-electron chi connectivity index (χ3n) is 3.42. The van der Waals surface area contributed by atoms with Gasteiger partial charge in [0.25, 0.3) is 0 Å². The molecule has 5 nitrogen and oxygen atoms in total. The average Bonchev–Trinajstić information content (AvgIpc) is 2.52. The van der Waals surface area contributed by atoms with Crippen LogP contribution in [0.3, 0.4) is 0 Å². The summed E-state index contributed by atoms with van der Waals surface area (Å²) >= 11 is 0. The maximum atomic E-state index is 11.7. The quantitative estimate of drug-likeness (QED) is 0.544. The van der Waals surface area contributed by atoms with Gasteiger partial charge in [0.05, 0.1) is 14.2 Å². The number of carbonyl (C=O) groups is 3. The molecule has 1 rings (SSSR count). The van der Waals surface area contributed by atoms with Crippen LogP contribution in [0.4, 0.5) is 0 Å². The van der Waals surface area contributed by atoms with Crippen molar-refractivity contribution in [2.45, 2.75) is 26.7 Å². The molecular formula is C12H18O5. The SMILES string of the molecule is COC(=O)C(C(=O)OC)C1CC(=O)CC1(C)C. The maximum Gasteiger partial charge on any atom is 0.320 e. The molecule has 1 aliphatic rings. The monoisotopic (exact) mass is 242 g/mol. The van der Waals surface area contributed by atoms with Crippen molar-refractivity contribution < 1.29 is 23.9 Å². The Hall–Kier alpha value is -1.39. The Morgan fingerprint density at radius 1 is 1.24 bits per heavy atom. The van der Waals surface area contributed by atoms with E-state index in [1.54, 1.807) is 0 Å². The van der Waals surface area contributed by atoms with Gasteiger partial charge in [0, 0.05) is 12.8 Å². The van der Waals surface area contributed by atoms with Gasteiger partial charge in [-0.3, -0.25) is 14.4 Å². The number of methoxy groups -OCH3 is 2. The van der Waals surface area contributed by atoms with E-state index in [1.807, 2.05) is 13.8 Å². The average molecular weight is 242 g/mol. The molecule has 0 aromatic carbocycles. The van der Waals surface area contributed by atoms with Crippen molar-refractivity contribution in [3.05, 3.63) is 0 Å². The molecule has 1 aliphatic carbocycles. The first kappa shape index (κ1) is 13.7. The number of rotatable bonds is 3. The van der Waals surface area contributed by atoms with Crippen molar-refractivity contribution in [1.82, 2.24) is 0 Å². The van der Waals surface area contributed by atoms with Gasteiger partial charge in [-0.25, -0.2) is 0 Å². The standard InChI is InChI=1S/C12H18O5/c1-12(2)6-7(13)5-8(12)9(10(14)16-3)11(15)17-4/h8-9H,5-6H2,1-4H3. The van der Waals surface area contributed by atoms with Crippen molar-refractivity contribution in [2.75, 3.05) is 14.2 Å². The normalized spacial score (nSPS) is 22.6. The van der Waals surface area contributed by atoms with E-state index in [4.69, 9.17) is 0 Å². The number of esters is 2. The van der Waals surface area contributed by atoms with Gasteiger partial charge in [0.1, 0.15) is 5.78 Å². The second-order valence-electron chi connectivity index (χ2n) is 5.04. The molecule has 17 heavy (non-hydrogen) atoms. The van der Waals surface area contributed by atoms with Gasteiger partial charge in [-0.15, -0.1) is 0 Å². The van der Waals surface area contributed by atoms with Gasteiger partial charge in [-0.05, 0) is 11.3 Å². The van der Waals surface area contributed by atoms with Gasteiger partial charge in [-0.1, -0.05) is 13.8 Å². The molecule has 0 radical (unpaired) electrons. The van der Waals surface area contributed by atoms with Crippen LogP contribution in [0.1, 0.15) is 26.7 Å². The highest BCUT2D eigenvalue weighted by atomic mass is 16.5. The summed E-state index contributed by atoms with van der Waals surface area (Å²) in [6, 6.07) is 0. The molecule has 0 aromatic heterocycles. The third kappa shape index (κ3) is 2.65. The van der Waals surface area contributed by atoms with Crippen molar-refractivity contribution in [2.24, 2.45) is 17.3 Å². The van der Waals surface area contributed by atoms with Crippen LogP contribution in [-0.4, -0.2) is 31.9 Å². The van der Waals surface area contributed by atoms with Crippen LogP contribution < -0.4 is 0 Å². The number of hydrogen-bond donors (Lipinski definition) is 0. The van der Waals surface area contributed by atoms with Gasteiger partial charge in [-0.2, -0.15) is 0 Å². The van der Waals surface area contributed by atoms with Gasteiger partial charge in [0.2, 0.25) is 0 Å². The van der Waals surface area contributed by atoms with Crippen LogP contribution in [0.2, 0.25) is 0 Å². The Morgan fingerprint density at radius 3 is 2.00 bits per heavy atom. The van der Waals surface area contributed by atoms with E-state index in [9.17, 15) is 14.4 Å². The van der Waals surface area contributed by atoms with Crippen LogP contribution in [0.15, 0.2) is 0 Å². The summed E-state index contributed by atoms with van der Waals surface area (Å²) in [6.07, 6.45) is 0.601. The molecule has 0 aliphatic heterocycles. The highest BCUT2D eigenvalue weighted by molar-refractivity contribution is 5.96. The van der Waals surface area contributed by atoms with Crippen LogP contribution in [-0.2, 0) is 23.9 Å². The summed E-state index contributed by atoms with van der Waals surface area (Å²) in [5.74, 6) is -2.56. The zero-order valence-electron chi connectivity index (χ0n) is 10.6. The molecule has 0 N–H and O–H groups in total. The van der Waals surface area contributed by atoms with Gasteiger partial charge in [0.15, 0.2) is 5.92 Å². The highest BCUT2D eigenvalue weighted by Gasteiger charge is 2.50. The summed E-state index contributed by atoms with van der Waals surface area (Å²) in [5, 5.41) is 0. The van der Waals surface area contributed by atoms with E-state index in [0.717, 1.165) is 0 Å². The van der Waals surface area contributed by atoms with E-state index < -0.39 is 17.9 Å². The Morgan fingerprint density at radius 2 is 1.71 bits per heavy atom. The fourth-order valence-corrected chi connectivity index (χ4v) is 2.48. The summed E-state index contributed by atoms with van der Waals surface area (Å²) in [7, 11) is 2.45. The minimum absolute atomic E-state index is 0.0674. The fraction of sp³-hybridized carbons (Fsp3) is 0.750. The lowest BCUT2D eigenvalue weighted by Gasteiger charge is -2.30. The van der Waals surface area contributed by atoms with Gasteiger partial charge >= 0.3 is 11.9 Å². The Kier molecular flexibility index (Phi) is 3.91. The third-order valence-corrected chi connectivity index (χ3v) is 3.42. The first-order valence-electron chi connectivity index (χ1n) is 5.51. The molecule has 0 amide bonds. The lowest BCUT2D eigenvalue weighted by atomic mass is 9.74. The van der Waals surface area contributed by atoms with Crippen LogP contribution >= 0.6 is 0 Å². The maximum absolute atomic E-state index is 11.7. The zero-order valence-corrected chi connectivity index (χ0v) is 10.6. The van der Waals surface area contributed by atoms with E-state index in [-0.39, 0.29) is 23.5 Å². The predicted octanol–water partition coefficient (Wildman–Crippen LogP) is 0.954. The molecule has 5 heteroatoms. The Bertz CT molecular complexity index is 329. The molecule has 0 spiro atoms. The molecule has 0 aromatic rings. The number of ether oxygens (including phenoxy) is 2. The topological polar surface area (TPSA) is 69.7 Å². The van der Waals surface area contributed by atoms with Crippen molar-refractivity contribution in [3.63, 3.8) is 0 Å². The second-order valence-corrected chi connectivity index (χ2v) is 5.04. The second kappa shape index (κ2) is 4.85. The summed E-state index contributed by atoms with van der Waals surface area (Å²) in [6.45, 7) is 3.75. The van der Waals surface area contributed by atoms with E-state index in [1.165, 1.54) is 14.2 Å². The minimum atomic E-state index is -1.01. The molecule has 1 atom stereocenters. The number of carbonyl (C=O) groups excluding carboxylic acids is 3. The zero-order chi connectivity index (χ0) is 13.2. The lowest BCUT2D eigenvalue weighted by molar-refractivity contribution is -0.163. The predicted molar refractivity (Wildman–Crippen MR) is 59.0 cm³/mol. The first-order valence-corrected chi connectivity index (χ1v) is 5.51. The number of Topliss-reactive ketones (excluding diaryl/α,β-unsaturated/α-hetero) is 1. The molecule has 1 fully saturated rings. The molecule has 1 saturated carbocycles. The van der Waals surface area contributed by atoms with E-state index in [2.05, 4.69) is 9.47 Å². The lowest BCUT2D eigenvalue weighted by Crippen LogP contribution is -2.38. The van der Waals surface area contributed by atoms with E-state index >= 15 is 0 Å². The highest BCUT2D eigenvalue weighted by Crippen LogP contribution is 2.45. The van der Waals surface area contributed by atoms with Gasteiger partial charge < -0.3 is 9.47 Å². The molecule has 96 valence electrons. The Labute approximate surface area is 100 Å². The van der Waals surface area contributed by atoms with Crippen molar-refractivity contribution in [3.8, 4) is 0 Å².